The third-order valence-corrected chi connectivity index (χ3v) is 2.77. The molecule has 2 nitrogen and oxygen atoms in total. The predicted molar refractivity (Wildman–Crippen MR) is 56.8 cm³/mol. The van der Waals surface area contributed by atoms with Gasteiger partial charge in [0.2, 0.25) is 0 Å². The summed E-state index contributed by atoms with van der Waals surface area (Å²) < 4.78 is 0. The molecule has 2 rings (SSSR count). The fourth-order valence-electron chi connectivity index (χ4n) is 1.76. The average molecular weight is 176 g/mol. The van der Waals surface area contributed by atoms with Crippen LogP contribution in [0.2, 0.25) is 0 Å². The lowest BCUT2D eigenvalue weighted by molar-refractivity contribution is 0.399. The van der Waals surface area contributed by atoms with Crippen LogP contribution in [0.4, 0.5) is 11.4 Å². The van der Waals surface area contributed by atoms with Gasteiger partial charge in [-0.2, -0.15) is 0 Å². The van der Waals surface area contributed by atoms with Gasteiger partial charge >= 0.3 is 0 Å². The first-order valence-corrected chi connectivity index (χ1v) is 4.90. The van der Waals surface area contributed by atoms with Crippen LogP contribution in [-0.4, -0.2) is 13.1 Å². The van der Waals surface area contributed by atoms with Crippen LogP contribution < -0.4 is 10.6 Å². The van der Waals surface area contributed by atoms with Gasteiger partial charge < -0.3 is 10.6 Å². The van der Waals surface area contributed by atoms with Crippen LogP contribution in [0.3, 0.4) is 0 Å². The Kier molecular flexibility index (Phi) is 2.13. The molecule has 0 unspecified atom stereocenters. The van der Waals surface area contributed by atoms with Crippen LogP contribution >= 0.6 is 0 Å². The number of benzene rings is 1. The van der Waals surface area contributed by atoms with E-state index in [9.17, 15) is 0 Å². The van der Waals surface area contributed by atoms with Gasteiger partial charge in [0, 0.05) is 24.5 Å². The van der Waals surface area contributed by atoms with Crippen molar-refractivity contribution in [3.8, 4) is 0 Å². The first-order chi connectivity index (χ1) is 6.29. The Balaban J connectivity index is 2.03. The Bertz CT molecular complexity index is 290. The number of anilines is 2. The zero-order valence-electron chi connectivity index (χ0n) is 8.03. The maximum absolute atomic E-state index is 5.72. The molecule has 1 aliphatic rings. The number of nitrogen functional groups attached to an aromatic ring is 1. The molecule has 0 radical (unpaired) electrons. The summed E-state index contributed by atoms with van der Waals surface area (Å²) >= 11 is 0. The maximum Gasteiger partial charge on any atom is 0.0387 e. The van der Waals surface area contributed by atoms with Crippen molar-refractivity contribution in [3.63, 3.8) is 0 Å². The van der Waals surface area contributed by atoms with Gasteiger partial charge in [-0.3, -0.25) is 0 Å². The lowest BCUT2D eigenvalue weighted by Gasteiger charge is -2.40. The van der Waals surface area contributed by atoms with Crippen molar-refractivity contribution in [2.45, 2.75) is 13.3 Å². The molecule has 2 N–H and O–H groups in total. The molecule has 1 heterocycles. The smallest absolute Gasteiger partial charge is 0.0387 e. The fourth-order valence-corrected chi connectivity index (χ4v) is 1.76. The van der Waals surface area contributed by atoms with Gasteiger partial charge in [-0.1, -0.05) is 13.0 Å². The second-order valence-corrected chi connectivity index (χ2v) is 3.77. The van der Waals surface area contributed by atoms with E-state index in [0.29, 0.717) is 0 Å². The van der Waals surface area contributed by atoms with E-state index in [1.165, 1.54) is 25.2 Å². The third-order valence-electron chi connectivity index (χ3n) is 2.77. The predicted octanol–water partition coefficient (Wildman–Crippen LogP) is 2.12. The van der Waals surface area contributed by atoms with Crippen LogP contribution in [0.25, 0.3) is 0 Å². The van der Waals surface area contributed by atoms with Crippen molar-refractivity contribution in [3.05, 3.63) is 24.3 Å². The molecule has 0 saturated carbocycles. The molecular weight excluding hydrogens is 160 g/mol. The lowest BCUT2D eigenvalue weighted by atomic mass is 9.96. The number of nitrogens with two attached hydrogens (primary N) is 1. The van der Waals surface area contributed by atoms with Crippen LogP contribution in [0.15, 0.2) is 24.3 Å². The topological polar surface area (TPSA) is 29.3 Å². The average Bonchev–Trinajstić information content (AvgIpc) is 2.02. The second kappa shape index (κ2) is 3.29. The van der Waals surface area contributed by atoms with E-state index in [-0.39, 0.29) is 0 Å². The Labute approximate surface area is 79.4 Å². The van der Waals surface area contributed by atoms with Gasteiger partial charge in [0.05, 0.1) is 0 Å². The summed E-state index contributed by atoms with van der Waals surface area (Å²) in [4.78, 5) is 2.38. The molecule has 70 valence electrons. The van der Waals surface area contributed by atoms with E-state index in [2.05, 4.69) is 17.9 Å². The minimum atomic E-state index is 0.859. The molecule has 2 heteroatoms. The molecule has 1 aliphatic heterocycles. The van der Waals surface area contributed by atoms with Crippen molar-refractivity contribution in [2.75, 3.05) is 23.7 Å². The molecule has 0 aliphatic carbocycles. The molecule has 1 aromatic rings. The maximum atomic E-state index is 5.72. The summed E-state index contributed by atoms with van der Waals surface area (Å²) in [6, 6.07) is 8.12. The SMILES string of the molecule is CCC1CN(c2cccc(N)c2)C1. The molecule has 0 amide bonds. The zero-order valence-corrected chi connectivity index (χ0v) is 8.03. The summed E-state index contributed by atoms with van der Waals surface area (Å²) in [5.41, 5.74) is 7.84. The van der Waals surface area contributed by atoms with E-state index >= 15 is 0 Å². The Morgan fingerprint density at radius 2 is 2.23 bits per heavy atom. The van der Waals surface area contributed by atoms with Crippen molar-refractivity contribution >= 4 is 11.4 Å². The minimum Gasteiger partial charge on any atom is -0.399 e. The van der Waals surface area contributed by atoms with Crippen LogP contribution in [0.1, 0.15) is 13.3 Å². The fraction of sp³-hybridized carbons (Fsp3) is 0.455. The van der Waals surface area contributed by atoms with Crippen molar-refractivity contribution < 1.29 is 0 Å². The van der Waals surface area contributed by atoms with Crippen LogP contribution in [0.5, 0.6) is 0 Å². The van der Waals surface area contributed by atoms with Crippen molar-refractivity contribution in [1.82, 2.24) is 0 Å². The normalized spacial score (nSPS) is 17.2. The van der Waals surface area contributed by atoms with Gasteiger partial charge in [-0.15, -0.1) is 0 Å². The number of nitrogens with zero attached hydrogens (tertiary/aromatic N) is 1. The largest absolute Gasteiger partial charge is 0.399 e. The van der Waals surface area contributed by atoms with Crippen LogP contribution in [-0.2, 0) is 0 Å². The molecule has 13 heavy (non-hydrogen) atoms. The Hall–Kier alpha value is -1.18. The highest BCUT2D eigenvalue weighted by molar-refractivity contribution is 5.57. The molecule has 0 spiro atoms. The number of hydrogen-bond acceptors (Lipinski definition) is 2. The van der Waals surface area contributed by atoms with E-state index in [0.717, 1.165) is 11.6 Å². The van der Waals surface area contributed by atoms with Crippen molar-refractivity contribution in [2.24, 2.45) is 5.92 Å². The molecule has 1 fully saturated rings. The molecule has 0 atom stereocenters. The van der Waals surface area contributed by atoms with E-state index in [1.54, 1.807) is 0 Å². The summed E-state index contributed by atoms with van der Waals surface area (Å²) in [5, 5.41) is 0. The molecule has 1 saturated heterocycles. The van der Waals surface area contributed by atoms with Gasteiger partial charge in [0.15, 0.2) is 0 Å². The molecule has 0 aromatic heterocycles. The van der Waals surface area contributed by atoms with Gasteiger partial charge in [-0.05, 0) is 30.5 Å². The standard InChI is InChI=1S/C11H16N2/c1-2-9-7-13(8-9)11-5-3-4-10(12)6-11/h3-6,9H,2,7-8,12H2,1H3. The van der Waals surface area contributed by atoms with Crippen LogP contribution in [0, 0.1) is 5.92 Å². The quantitative estimate of drug-likeness (QED) is 0.699. The summed E-state index contributed by atoms with van der Waals surface area (Å²) in [6.07, 6.45) is 1.29. The highest BCUT2D eigenvalue weighted by Gasteiger charge is 2.24. The molecule has 0 bridgehead atoms. The molecule has 1 aromatic carbocycles. The first kappa shape index (κ1) is 8.42. The summed E-state index contributed by atoms with van der Waals surface area (Å²) in [7, 11) is 0. The summed E-state index contributed by atoms with van der Waals surface area (Å²) in [6.45, 7) is 4.64. The Morgan fingerprint density at radius 3 is 2.85 bits per heavy atom. The molecular formula is C11H16N2. The third kappa shape index (κ3) is 1.62. The van der Waals surface area contributed by atoms with E-state index in [4.69, 9.17) is 5.73 Å². The van der Waals surface area contributed by atoms with Gasteiger partial charge in [0.1, 0.15) is 0 Å². The first-order valence-electron chi connectivity index (χ1n) is 4.90. The van der Waals surface area contributed by atoms with Crippen molar-refractivity contribution in [1.29, 1.82) is 0 Å². The minimum absolute atomic E-state index is 0.859. The van der Waals surface area contributed by atoms with Gasteiger partial charge in [-0.25, -0.2) is 0 Å². The lowest BCUT2D eigenvalue weighted by Crippen LogP contribution is -2.46. The van der Waals surface area contributed by atoms with E-state index in [1.807, 2.05) is 18.2 Å². The highest BCUT2D eigenvalue weighted by atomic mass is 15.2. The number of rotatable bonds is 2. The second-order valence-electron chi connectivity index (χ2n) is 3.77. The summed E-state index contributed by atoms with van der Waals surface area (Å²) in [5.74, 6) is 0.890. The zero-order chi connectivity index (χ0) is 9.26. The highest BCUT2D eigenvalue weighted by Crippen LogP contribution is 2.27. The van der Waals surface area contributed by atoms with E-state index < -0.39 is 0 Å². The van der Waals surface area contributed by atoms with Gasteiger partial charge in [0.25, 0.3) is 0 Å². The Morgan fingerprint density at radius 1 is 1.46 bits per heavy atom. The monoisotopic (exact) mass is 176 g/mol. The number of hydrogen-bond donors (Lipinski definition) is 1.